The molecule has 1 aromatic rings. The van der Waals surface area contributed by atoms with E-state index in [4.69, 9.17) is 9.47 Å². The Morgan fingerprint density at radius 2 is 2.31 bits per heavy atom. The first-order chi connectivity index (χ1) is 7.83. The second kappa shape index (κ2) is 3.79. The average Bonchev–Trinajstić information content (AvgIpc) is 2.77. The van der Waals surface area contributed by atoms with Crippen LogP contribution in [0.25, 0.3) is 0 Å². The van der Waals surface area contributed by atoms with Gasteiger partial charge in [-0.25, -0.2) is 0 Å². The Balaban J connectivity index is 1.82. The molecule has 2 aliphatic rings. The standard InChI is InChI=1S/C12H13NO3/c14-12-7-16-11(6-13-12)8-1-2-10-9(5-8)3-4-15-10/h1-2,5,11H,3-4,6-7H2,(H,13,14). The van der Waals surface area contributed by atoms with Crippen LogP contribution >= 0.6 is 0 Å². The van der Waals surface area contributed by atoms with Gasteiger partial charge in [-0.15, -0.1) is 0 Å². The van der Waals surface area contributed by atoms with Crippen molar-refractivity contribution >= 4 is 5.91 Å². The fourth-order valence-electron chi connectivity index (χ4n) is 2.11. The van der Waals surface area contributed by atoms with Gasteiger partial charge < -0.3 is 14.8 Å². The van der Waals surface area contributed by atoms with Crippen LogP contribution in [0.4, 0.5) is 0 Å². The molecule has 16 heavy (non-hydrogen) atoms. The summed E-state index contributed by atoms with van der Waals surface area (Å²) in [5.41, 5.74) is 2.35. The highest BCUT2D eigenvalue weighted by Crippen LogP contribution is 2.29. The van der Waals surface area contributed by atoms with Gasteiger partial charge in [0.1, 0.15) is 18.5 Å². The van der Waals surface area contributed by atoms with Gasteiger partial charge in [0.15, 0.2) is 0 Å². The first-order valence-corrected chi connectivity index (χ1v) is 5.47. The number of fused-ring (bicyclic) bond motifs is 1. The molecule has 0 aromatic heterocycles. The molecule has 1 aromatic carbocycles. The monoisotopic (exact) mass is 219 g/mol. The van der Waals surface area contributed by atoms with Crippen molar-refractivity contribution in [2.24, 2.45) is 0 Å². The molecule has 1 atom stereocenters. The Bertz CT molecular complexity index is 420. The first kappa shape index (κ1) is 9.66. The summed E-state index contributed by atoms with van der Waals surface area (Å²) in [6.45, 7) is 1.47. The van der Waals surface area contributed by atoms with Crippen LogP contribution in [0.15, 0.2) is 18.2 Å². The highest BCUT2D eigenvalue weighted by molar-refractivity contribution is 5.77. The van der Waals surface area contributed by atoms with Gasteiger partial charge in [-0.1, -0.05) is 6.07 Å². The molecule has 2 heterocycles. The number of morpholine rings is 1. The Morgan fingerprint density at radius 1 is 1.38 bits per heavy atom. The minimum Gasteiger partial charge on any atom is -0.493 e. The molecule has 1 N–H and O–H groups in total. The summed E-state index contributed by atoms with van der Waals surface area (Å²) in [7, 11) is 0. The largest absolute Gasteiger partial charge is 0.493 e. The zero-order chi connectivity index (χ0) is 11.0. The summed E-state index contributed by atoms with van der Waals surface area (Å²) >= 11 is 0. The molecule has 0 spiro atoms. The normalized spacial score (nSPS) is 23.5. The van der Waals surface area contributed by atoms with Crippen molar-refractivity contribution in [1.82, 2.24) is 5.32 Å². The van der Waals surface area contributed by atoms with Crippen molar-refractivity contribution in [3.8, 4) is 5.75 Å². The summed E-state index contributed by atoms with van der Waals surface area (Å²) in [5, 5.41) is 2.80. The van der Waals surface area contributed by atoms with Crippen LogP contribution in [-0.4, -0.2) is 25.7 Å². The lowest BCUT2D eigenvalue weighted by Crippen LogP contribution is -2.38. The van der Waals surface area contributed by atoms with E-state index >= 15 is 0 Å². The molecule has 1 saturated heterocycles. The van der Waals surface area contributed by atoms with Crippen LogP contribution in [0.5, 0.6) is 5.75 Å². The van der Waals surface area contributed by atoms with E-state index in [1.54, 1.807) is 0 Å². The van der Waals surface area contributed by atoms with Crippen molar-refractivity contribution in [2.75, 3.05) is 19.8 Å². The van der Waals surface area contributed by atoms with Crippen LogP contribution in [0.2, 0.25) is 0 Å². The highest BCUT2D eigenvalue weighted by Gasteiger charge is 2.22. The molecule has 0 saturated carbocycles. The van der Waals surface area contributed by atoms with E-state index in [1.807, 2.05) is 12.1 Å². The van der Waals surface area contributed by atoms with E-state index < -0.39 is 0 Å². The third kappa shape index (κ3) is 1.65. The minimum absolute atomic E-state index is 0.0244. The second-order valence-electron chi connectivity index (χ2n) is 4.07. The van der Waals surface area contributed by atoms with E-state index in [-0.39, 0.29) is 18.6 Å². The lowest BCUT2D eigenvalue weighted by Gasteiger charge is -2.23. The molecule has 4 nitrogen and oxygen atoms in total. The van der Waals surface area contributed by atoms with Gasteiger partial charge in [0.2, 0.25) is 5.91 Å². The van der Waals surface area contributed by atoms with Crippen molar-refractivity contribution in [3.63, 3.8) is 0 Å². The molecule has 0 bridgehead atoms. The lowest BCUT2D eigenvalue weighted by atomic mass is 10.0. The number of nitrogens with one attached hydrogen (secondary N) is 1. The van der Waals surface area contributed by atoms with Crippen LogP contribution in [0.3, 0.4) is 0 Å². The second-order valence-corrected chi connectivity index (χ2v) is 4.07. The van der Waals surface area contributed by atoms with E-state index in [0.29, 0.717) is 6.54 Å². The molecule has 3 rings (SSSR count). The maximum absolute atomic E-state index is 11.0. The Kier molecular flexibility index (Phi) is 2.29. The number of ether oxygens (including phenoxy) is 2. The molecule has 4 heteroatoms. The number of hydrogen-bond donors (Lipinski definition) is 1. The van der Waals surface area contributed by atoms with Gasteiger partial charge in [0.25, 0.3) is 0 Å². The third-order valence-corrected chi connectivity index (χ3v) is 2.99. The Labute approximate surface area is 93.5 Å². The molecular formula is C12H13NO3. The predicted octanol–water partition coefficient (Wildman–Crippen LogP) is 0.809. The van der Waals surface area contributed by atoms with Crippen molar-refractivity contribution in [3.05, 3.63) is 29.3 Å². The number of rotatable bonds is 1. The maximum atomic E-state index is 11.0. The summed E-state index contributed by atoms with van der Waals surface area (Å²) in [6, 6.07) is 6.11. The van der Waals surface area contributed by atoms with Crippen LogP contribution in [-0.2, 0) is 16.0 Å². The minimum atomic E-state index is -0.0410. The Hall–Kier alpha value is -1.55. The van der Waals surface area contributed by atoms with Gasteiger partial charge in [-0.2, -0.15) is 0 Å². The van der Waals surface area contributed by atoms with Gasteiger partial charge >= 0.3 is 0 Å². The van der Waals surface area contributed by atoms with Crippen LogP contribution in [0, 0.1) is 0 Å². The van der Waals surface area contributed by atoms with E-state index in [9.17, 15) is 4.79 Å². The predicted molar refractivity (Wildman–Crippen MR) is 57.3 cm³/mol. The maximum Gasteiger partial charge on any atom is 0.246 e. The van der Waals surface area contributed by atoms with Crippen LogP contribution < -0.4 is 10.1 Å². The molecular weight excluding hydrogens is 206 g/mol. The molecule has 0 radical (unpaired) electrons. The summed E-state index contributed by atoms with van der Waals surface area (Å²) in [5.74, 6) is 0.935. The molecule has 1 fully saturated rings. The van der Waals surface area contributed by atoms with Gasteiger partial charge in [0, 0.05) is 13.0 Å². The molecule has 1 unspecified atom stereocenters. The average molecular weight is 219 g/mol. The number of carbonyl (C=O) groups excluding carboxylic acids is 1. The molecule has 1 amide bonds. The van der Waals surface area contributed by atoms with Crippen molar-refractivity contribution in [1.29, 1.82) is 0 Å². The SMILES string of the molecule is O=C1COC(c2ccc3c(c2)CCO3)CN1. The summed E-state index contributed by atoms with van der Waals surface area (Å²) < 4.78 is 10.9. The van der Waals surface area contributed by atoms with Gasteiger partial charge in [-0.05, 0) is 23.3 Å². The van der Waals surface area contributed by atoms with Crippen molar-refractivity contribution in [2.45, 2.75) is 12.5 Å². The quantitative estimate of drug-likeness (QED) is 0.760. The summed E-state index contributed by atoms with van der Waals surface area (Å²) in [4.78, 5) is 11.0. The third-order valence-electron chi connectivity index (χ3n) is 2.99. The smallest absolute Gasteiger partial charge is 0.246 e. The number of hydrogen-bond acceptors (Lipinski definition) is 3. The van der Waals surface area contributed by atoms with Crippen LogP contribution in [0.1, 0.15) is 17.2 Å². The fourth-order valence-corrected chi connectivity index (χ4v) is 2.11. The molecule has 0 aliphatic carbocycles. The highest BCUT2D eigenvalue weighted by atomic mass is 16.5. The number of carbonyl (C=O) groups is 1. The molecule has 2 aliphatic heterocycles. The summed E-state index contributed by atoms with van der Waals surface area (Å²) in [6.07, 6.45) is 0.936. The number of benzene rings is 1. The molecule has 84 valence electrons. The van der Waals surface area contributed by atoms with E-state index in [1.165, 1.54) is 5.56 Å². The van der Waals surface area contributed by atoms with E-state index in [0.717, 1.165) is 24.3 Å². The lowest BCUT2D eigenvalue weighted by molar-refractivity contribution is -0.133. The zero-order valence-electron chi connectivity index (χ0n) is 8.86. The van der Waals surface area contributed by atoms with Gasteiger partial charge in [0.05, 0.1) is 6.61 Å². The fraction of sp³-hybridized carbons (Fsp3) is 0.417. The Morgan fingerprint density at radius 3 is 3.12 bits per heavy atom. The van der Waals surface area contributed by atoms with Crippen molar-refractivity contribution < 1.29 is 14.3 Å². The topological polar surface area (TPSA) is 47.6 Å². The number of amides is 1. The zero-order valence-corrected chi connectivity index (χ0v) is 8.86. The first-order valence-electron chi connectivity index (χ1n) is 5.47. The van der Waals surface area contributed by atoms with E-state index in [2.05, 4.69) is 11.4 Å². The van der Waals surface area contributed by atoms with Gasteiger partial charge in [-0.3, -0.25) is 4.79 Å².